The number of hydrogen-bond acceptors (Lipinski definition) is 4. The molecule has 1 saturated heterocycles. The fourth-order valence-electron chi connectivity index (χ4n) is 3.53. The zero-order valence-corrected chi connectivity index (χ0v) is 12.1. The molecular formula is C15H20N2O4. The first-order chi connectivity index (χ1) is 10.1. The molecule has 6 nitrogen and oxygen atoms in total. The van der Waals surface area contributed by atoms with E-state index in [2.05, 4.69) is 5.16 Å². The minimum absolute atomic E-state index is 0.0393. The number of aryl methyl sites for hydroxylation is 1. The van der Waals surface area contributed by atoms with Crippen LogP contribution in [0.3, 0.4) is 0 Å². The number of amides is 1. The van der Waals surface area contributed by atoms with Gasteiger partial charge in [-0.3, -0.25) is 9.59 Å². The maximum Gasteiger partial charge on any atom is 0.306 e. The Labute approximate surface area is 123 Å². The van der Waals surface area contributed by atoms with Crippen molar-refractivity contribution in [1.82, 2.24) is 10.1 Å². The van der Waals surface area contributed by atoms with Crippen molar-refractivity contribution in [2.75, 3.05) is 6.54 Å². The molecule has 1 aromatic rings. The van der Waals surface area contributed by atoms with Crippen LogP contribution >= 0.6 is 0 Å². The van der Waals surface area contributed by atoms with Crippen molar-refractivity contribution in [2.45, 2.75) is 45.1 Å². The molecule has 6 heteroatoms. The van der Waals surface area contributed by atoms with Crippen LogP contribution in [0.5, 0.6) is 0 Å². The van der Waals surface area contributed by atoms with E-state index in [0.717, 1.165) is 30.8 Å². The van der Waals surface area contributed by atoms with Crippen LogP contribution in [0.1, 0.15) is 49.6 Å². The van der Waals surface area contributed by atoms with Crippen molar-refractivity contribution in [2.24, 2.45) is 11.8 Å². The summed E-state index contributed by atoms with van der Waals surface area (Å²) in [5.74, 6) is -0.487. The van der Waals surface area contributed by atoms with Gasteiger partial charge in [-0.25, -0.2) is 0 Å². The number of hydrogen-bond donors (Lipinski definition) is 1. The van der Waals surface area contributed by atoms with E-state index in [4.69, 9.17) is 9.63 Å². The van der Waals surface area contributed by atoms with Gasteiger partial charge in [-0.15, -0.1) is 0 Å². The maximum absolute atomic E-state index is 12.7. The number of likely N-dealkylation sites (tertiary alicyclic amines) is 1. The molecule has 1 aliphatic heterocycles. The lowest BCUT2D eigenvalue weighted by atomic mass is 10.0. The maximum atomic E-state index is 12.7. The van der Waals surface area contributed by atoms with Crippen molar-refractivity contribution in [3.8, 4) is 0 Å². The molecule has 0 spiro atoms. The Hall–Kier alpha value is -1.85. The Morgan fingerprint density at radius 1 is 1.33 bits per heavy atom. The van der Waals surface area contributed by atoms with Crippen LogP contribution in [0.2, 0.25) is 0 Å². The standard InChI is InChI=1S/C15H20N2O4/c1-9-7-13(21-16-9)12-3-2-6-17(12)14(18)10-4-5-11(8-10)15(19)20/h7,10-12H,2-6,8H2,1H3,(H,19,20). The lowest BCUT2D eigenvalue weighted by molar-refractivity contribution is -0.141. The van der Waals surface area contributed by atoms with Crippen molar-refractivity contribution in [3.63, 3.8) is 0 Å². The van der Waals surface area contributed by atoms with Gasteiger partial charge in [0.1, 0.15) is 0 Å². The van der Waals surface area contributed by atoms with Gasteiger partial charge < -0.3 is 14.5 Å². The number of nitrogens with zero attached hydrogens (tertiary/aromatic N) is 2. The zero-order chi connectivity index (χ0) is 15.0. The third kappa shape index (κ3) is 2.66. The molecule has 114 valence electrons. The minimum Gasteiger partial charge on any atom is -0.481 e. The van der Waals surface area contributed by atoms with E-state index in [1.807, 2.05) is 17.9 Å². The highest BCUT2D eigenvalue weighted by Gasteiger charge is 2.40. The first kappa shape index (κ1) is 14.1. The fraction of sp³-hybridized carbons (Fsp3) is 0.667. The van der Waals surface area contributed by atoms with Gasteiger partial charge in [-0.1, -0.05) is 5.16 Å². The van der Waals surface area contributed by atoms with Crippen LogP contribution in [0.25, 0.3) is 0 Å². The van der Waals surface area contributed by atoms with Crippen molar-refractivity contribution < 1.29 is 19.2 Å². The summed E-state index contributed by atoms with van der Waals surface area (Å²) < 4.78 is 5.31. The van der Waals surface area contributed by atoms with Crippen LogP contribution in [-0.2, 0) is 9.59 Å². The molecule has 2 aliphatic rings. The second-order valence-electron chi connectivity index (χ2n) is 6.11. The topological polar surface area (TPSA) is 83.6 Å². The summed E-state index contributed by atoms with van der Waals surface area (Å²) in [6.45, 7) is 2.58. The van der Waals surface area contributed by atoms with Gasteiger partial charge in [0.15, 0.2) is 5.76 Å². The van der Waals surface area contributed by atoms with Gasteiger partial charge in [-0.05, 0) is 39.0 Å². The van der Waals surface area contributed by atoms with E-state index in [9.17, 15) is 9.59 Å². The smallest absolute Gasteiger partial charge is 0.306 e. The molecule has 3 rings (SSSR count). The van der Waals surface area contributed by atoms with E-state index >= 15 is 0 Å². The Morgan fingerprint density at radius 2 is 2.10 bits per heavy atom. The molecule has 3 unspecified atom stereocenters. The SMILES string of the molecule is Cc1cc(C2CCCN2C(=O)C2CCC(C(=O)O)C2)on1. The fourth-order valence-corrected chi connectivity index (χ4v) is 3.53. The molecule has 21 heavy (non-hydrogen) atoms. The van der Waals surface area contributed by atoms with Gasteiger partial charge in [0.25, 0.3) is 0 Å². The van der Waals surface area contributed by atoms with E-state index in [-0.39, 0.29) is 23.8 Å². The van der Waals surface area contributed by atoms with Gasteiger partial charge in [0.05, 0.1) is 17.7 Å². The second-order valence-corrected chi connectivity index (χ2v) is 6.11. The van der Waals surface area contributed by atoms with Crippen LogP contribution in [0.15, 0.2) is 10.6 Å². The predicted octanol–water partition coefficient (Wildman–Crippen LogP) is 2.15. The first-order valence-electron chi connectivity index (χ1n) is 7.52. The summed E-state index contributed by atoms with van der Waals surface area (Å²) in [4.78, 5) is 25.6. The van der Waals surface area contributed by atoms with Crippen LogP contribution in [0.4, 0.5) is 0 Å². The summed E-state index contributed by atoms with van der Waals surface area (Å²) in [6.07, 6.45) is 3.58. The Kier molecular flexibility index (Phi) is 3.69. The molecule has 1 aromatic heterocycles. The number of carboxylic acid groups (broad SMARTS) is 1. The molecule has 2 fully saturated rings. The van der Waals surface area contributed by atoms with E-state index < -0.39 is 5.97 Å². The normalized spacial score (nSPS) is 29.0. The van der Waals surface area contributed by atoms with Crippen molar-refractivity contribution >= 4 is 11.9 Å². The van der Waals surface area contributed by atoms with Gasteiger partial charge in [0.2, 0.25) is 5.91 Å². The third-order valence-electron chi connectivity index (χ3n) is 4.64. The highest BCUT2D eigenvalue weighted by atomic mass is 16.5. The zero-order valence-electron chi connectivity index (χ0n) is 12.1. The van der Waals surface area contributed by atoms with Crippen molar-refractivity contribution in [3.05, 3.63) is 17.5 Å². The average Bonchev–Trinajstić information content (AvgIpc) is 3.17. The summed E-state index contributed by atoms with van der Waals surface area (Å²) in [5.41, 5.74) is 0.816. The van der Waals surface area contributed by atoms with Gasteiger partial charge >= 0.3 is 5.97 Å². The molecule has 1 N–H and O–H groups in total. The van der Waals surface area contributed by atoms with E-state index in [0.29, 0.717) is 19.3 Å². The highest BCUT2D eigenvalue weighted by Crippen LogP contribution is 2.38. The summed E-state index contributed by atoms with van der Waals surface area (Å²) >= 11 is 0. The first-order valence-corrected chi connectivity index (χ1v) is 7.52. The molecule has 1 saturated carbocycles. The molecule has 1 aliphatic carbocycles. The van der Waals surface area contributed by atoms with E-state index in [1.165, 1.54) is 0 Å². The van der Waals surface area contributed by atoms with Gasteiger partial charge in [0, 0.05) is 18.5 Å². The molecule has 1 amide bonds. The summed E-state index contributed by atoms with van der Waals surface area (Å²) in [7, 11) is 0. The summed E-state index contributed by atoms with van der Waals surface area (Å²) in [6, 6.07) is 1.84. The Bertz CT molecular complexity index is 554. The van der Waals surface area contributed by atoms with Crippen LogP contribution < -0.4 is 0 Å². The minimum atomic E-state index is -0.783. The van der Waals surface area contributed by atoms with Gasteiger partial charge in [-0.2, -0.15) is 0 Å². The molecule has 0 bridgehead atoms. The Morgan fingerprint density at radius 3 is 2.71 bits per heavy atom. The molecule has 0 aromatic carbocycles. The molecule has 0 radical (unpaired) electrons. The predicted molar refractivity (Wildman–Crippen MR) is 73.4 cm³/mol. The monoisotopic (exact) mass is 292 g/mol. The number of aromatic nitrogens is 1. The number of aliphatic carboxylic acids is 1. The lowest BCUT2D eigenvalue weighted by Gasteiger charge is -2.25. The number of carbonyl (C=O) groups is 2. The number of carbonyl (C=O) groups excluding carboxylic acids is 1. The third-order valence-corrected chi connectivity index (χ3v) is 4.64. The molecule has 3 atom stereocenters. The van der Waals surface area contributed by atoms with Crippen molar-refractivity contribution in [1.29, 1.82) is 0 Å². The highest BCUT2D eigenvalue weighted by molar-refractivity contribution is 5.81. The quantitative estimate of drug-likeness (QED) is 0.922. The van der Waals surface area contributed by atoms with E-state index in [1.54, 1.807) is 0 Å². The largest absolute Gasteiger partial charge is 0.481 e. The lowest BCUT2D eigenvalue weighted by Crippen LogP contribution is -2.35. The summed E-state index contributed by atoms with van der Waals surface area (Å²) in [5, 5.41) is 13.0. The number of rotatable bonds is 3. The molecular weight excluding hydrogens is 272 g/mol. The molecule has 2 heterocycles. The second kappa shape index (κ2) is 5.50. The number of carboxylic acids is 1. The van der Waals surface area contributed by atoms with Crippen LogP contribution in [0, 0.1) is 18.8 Å². The Balaban J connectivity index is 1.71. The average molecular weight is 292 g/mol. The van der Waals surface area contributed by atoms with Crippen LogP contribution in [-0.4, -0.2) is 33.6 Å².